The minimum absolute atomic E-state index is 0.0390. The van der Waals surface area contributed by atoms with E-state index in [0.29, 0.717) is 12.2 Å². The maximum atomic E-state index is 13.0. The number of amides is 1. The lowest BCUT2D eigenvalue weighted by Gasteiger charge is -2.25. The lowest BCUT2D eigenvalue weighted by Crippen LogP contribution is -2.59. The molecule has 0 saturated heterocycles. The quantitative estimate of drug-likeness (QED) is 0.349. The molecular formula is C20H25F3N2O4. The van der Waals surface area contributed by atoms with Gasteiger partial charge in [-0.1, -0.05) is 25.7 Å². The van der Waals surface area contributed by atoms with E-state index >= 15 is 0 Å². The fourth-order valence-corrected chi connectivity index (χ4v) is 2.22. The zero-order valence-electron chi connectivity index (χ0n) is 16.3. The van der Waals surface area contributed by atoms with Crippen molar-refractivity contribution in [2.75, 3.05) is 13.2 Å². The summed E-state index contributed by atoms with van der Waals surface area (Å²) in [5.74, 6) is 3.68. The zero-order valence-corrected chi connectivity index (χ0v) is 16.3. The second kappa shape index (κ2) is 12.0. The highest BCUT2D eigenvalue weighted by atomic mass is 19.4. The molecule has 2 atom stereocenters. The van der Waals surface area contributed by atoms with Gasteiger partial charge in [-0.2, -0.15) is 13.2 Å². The molecule has 160 valence electrons. The Morgan fingerprint density at radius 1 is 1.21 bits per heavy atom. The van der Waals surface area contributed by atoms with E-state index in [1.807, 2.05) is 12.2 Å². The maximum Gasteiger partial charge on any atom is 0.406 e. The highest BCUT2D eigenvalue weighted by Gasteiger charge is 2.46. The summed E-state index contributed by atoms with van der Waals surface area (Å²) in [6, 6.07) is 0.988. The van der Waals surface area contributed by atoms with E-state index in [2.05, 4.69) is 11.8 Å². The van der Waals surface area contributed by atoms with E-state index in [1.54, 1.807) is 6.92 Å². The Labute approximate surface area is 167 Å². The van der Waals surface area contributed by atoms with E-state index in [-0.39, 0.29) is 18.8 Å². The number of esters is 1. The van der Waals surface area contributed by atoms with Crippen LogP contribution in [0.5, 0.6) is 5.75 Å². The Kier molecular flexibility index (Phi) is 10.0. The number of alkyl halides is 3. The van der Waals surface area contributed by atoms with E-state index < -0.39 is 30.1 Å². The number of carbonyl (C=O) groups excluding carboxylic acids is 2. The Morgan fingerprint density at radius 2 is 1.86 bits per heavy atom. The van der Waals surface area contributed by atoms with Crippen LogP contribution in [0.4, 0.5) is 13.2 Å². The van der Waals surface area contributed by atoms with Crippen LogP contribution >= 0.6 is 0 Å². The molecule has 2 unspecified atom stereocenters. The van der Waals surface area contributed by atoms with Crippen molar-refractivity contribution in [3.63, 3.8) is 0 Å². The van der Waals surface area contributed by atoms with Gasteiger partial charge in [0.05, 0.1) is 6.61 Å². The molecule has 1 rings (SSSR count). The van der Waals surface area contributed by atoms with Gasteiger partial charge in [-0.3, -0.25) is 4.79 Å². The summed E-state index contributed by atoms with van der Waals surface area (Å²) in [4.78, 5) is 24.4. The smallest absolute Gasteiger partial charge is 0.406 e. The summed E-state index contributed by atoms with van der Waals surface area (Å²) in [5, 5.41) is 2.03. The van der Waals surface area contributed by atoms with E-state index in [4.69, 9.17) is 15.2 Å². The monoisotopic (exact) mass is 414 g/mol. The molecule has 0 aliphatic rings. The SMILES string of the molecule is CC#CCOc1ccc(C(=O)NC(C(=O)OCCCCC)C(N)C(F)(F)F)cc1. The Morgan fingerprint density at radius 3 is 2.41 bits per heavy atom. The molecule has 0 fully saturated rings. The summed E-state index contributed by atoms with van der Waals surface area (Å²) in [5.41, 5.74) is 5.21. The van der Waals surface area contributed by atoms with Gasteiger partial charge in [0.25, 0.3) is 5.91 Å². The average molecular weight is 414 g/mol. The third-order valence-electron chi connectivity index (χ3n) is 3.87. The van der Waals surface area contributed by atoms with Crippen molar-refractivity contribution in [1.82, 2.24) is 5.32 Å². The number of halogens is 3. The molecule has 0 saturated carbocycles. The van der Waals surface area contributed by atoms with Crippen LogP contribution in [0.3, 0.4) is 0 Å². The van der Waals surface area contributed by atoms with Gasteiger partial charge < -0.3 is 20.5 Å². The Balaban J connectivity index is 2.84. The van der Waals surface area contributed by atoms with Crippen molar-refractivity contribution in [3.8, 4) is 17.6 Å². The van der Waals surface area contributed by atoms with Gasteiger partial charge in [0.2, 0.25) is 0 Å². The lowest BCUT2D eigenvalue weighted by atomic mass is 10.1. The normalized spacial score (nSPS) is 12.9. The molecular weight excluding hydrogens is 389 g/mol. The maximum absolute atomic E-state index is 13.0. The van der Waals surface area contributed by atoms with Gasteiger partial charge in [-0.05, 0) is 37.6 Å². The average Bonchev–Trinajstić information content (AvgIpc) is 2.68. The first-order valence-electron chi connectivity index (χ1n) is 9.13. The molecule has 0 aliphatic heterocycles. The van der Waals surface area contributed by atoms with Crippen molar-refractivity contribution in [2.24, 2.45) is 5.73 Å². The Bertz CT molecular complexity index is 724. The second-order valence-electron chi connectivity index (χ2n) is 6.13. The molecule has 6 nitrogen and oxygen atoms in total. The molecule has 0 spiro atoms. The van der Waals surface area contributed by atoms with Gasteiger partial charge in [0.1, 0.15) is 18.4 Å². The number of unbranched alkanes of at least 4 members (excludes halogenated alkanes) is 2. The fourth-order valence-electron chi connectivity index (χ4n) is 2.22. The van der Waals surface area contributed by atoms with E-state index in [9.17, 15) is 22.8 Å². The standard InChI is InChI=1S/C20H25F3N2O4/c1-3-5-7-13-29-19(27)16(17(24)20(21,22)23)25-18(26)14-8-10-15(11-9-14)28-12-6-4-2/h8-11,16-17H,3,5,7,12-13,24H2,1-2H3,(H,25,26). The Hall–Kier alpha value is -2.73. The van der Waals surface area contributed by atoms with E-state index in [1.165, 1.54) is 24.3 Å². The van der Waals surface area contributed by atoms with Crippen LogP contribution in [-0.2, 0) is 9.53 Å². The van der Waals surface area contributed by atoms with Gasteiger partial charge in [-0.25, -0.2) is 4.79 Å². The van der Waals surface area contributed by atoms with Crippen LogP contribution < -0.4 is 15.8 Å². The van der Waals surface area contributed by atoms with Crippen molar-refractivity contribution in [1.29, 1.82) is 0 Å². The second-order valence-corrected chi connectivity index (χ2v) is 6.13. The topological polar surface area (TPSA) is 90.6 Å². The van der Waals surface area contributed by atoms with Crippen LogP contribution in [0.2, 0.25) is 0 Å². The summed E-state index contributed by atoms with van der Waals surface area (Å²) < 4.78 is 49.3. The lowest BCUT2D eigenvalue weighted by molar-refractivity contribution is -0.169. The van der Waals surface area contributed by atoms with Gasteiger partial charge in [0, 0.05) is 5.56 Å². The molecule has 9 heteroatoms. The van der Waals surface area contributed by atoms with Crippen LogP contribution in [0.15, 0.2) is 24.3 Å². The van der Waals surface area contributed by atoms with Crippen molar-refractivity contribution in [2.45, 2.75) is 51.4 Å². The molecule has 1 aromatic rings. The number of carbonyl (C=O) groups is 2. The van der Waals surface area contributed by atoms with Crippen molar-refractivity contribution >= 4 is 11.9 Å². The predicted octanol–water partition coefficient (Wildman–Crippen LogP) is 2.81. The van der Waals surface area contributed by atoms with Crippen LogP contribution in [0.25, 0.3) is 0 Å². The first-order chi connectivity index (χ1) is 13.7. The molecule has 0 aromatic heterocycles. The highest BCUT2D eigenvalue weighted by Crippen LogP contribution is 2.22. The number of ether oxygens (including phenoxy) is 2. The number of nitrogens with one attached hydrogen (secondary N) is 1. The highest BCUT2D eigenvalue weighted by molar-refractivity contribution is 5.97. The number of rotatable bonds is 10. The first-order valence-corrected chi connectivity index (χ1v) is 9.13. The minimum atomic E-state index is -4.89. The summed E-state index contributed by atoms with van der Waals surface area (Å²) in [6.45, 7) is 3.70. The molecule has 1 amide bonds. The largest absolute Gasteiger partial charge is 0.481 e. The number of hydrogen-bond acceptors (Lipinski definition) is 5. The summed E-state index contributed by atoms with van der Waals surface area (Å²) >= 11 is 0. The third-order valence-corrected chi connectivity index (χ3v) is 3.87. The number of benzene rings is 1. The number of hydrogen-bond donors (Lipinski definition) is 2. The van der Waals surface area contributed by atoms with E-state index in [0.717, 1.165) is 12.8 Å². The molecule has 0 bridgehead atoms. The summed E-state index contributed by atoms with van der Waals surface area (Å²) in [6.07, 6.45) is -2.77. The molecule has 0 aliphatic carbocycles. The molecule has 0 heterocycles. The summed E-state index contributed by atoms with van der Waals surface area (Å²) in [7, 11) is 0. The molecule has 3 N–H and O–H groups in total. The molecule has 0 radical (unpaired) electrons. The van der Waals surface area contributed by atoms with Gasteiger partial charge >= 0.3 is 12.1 Å². The third kappa shape index (κ3) is 8.44. The van der Waals surface area contributed by atoms with Crippen LogP contribution in [0.1, 0.15) is 43.5 Å². The predicted molar refractivity (Wildman–Crippen MR) is 101 cm³/mol. The van der Waals surface area contributed by atoms with Crippen LogP contribution in [0, 0.1) is 11.8 Å². The molecule has 29 heavy (non-hydrogen) atoms. The minimum Gasteiger partial charge on any atom is -0.481 e. The van der Waals surface area contributed by atoms with Gasteiger partial charge in [-0.15, -0.1) is 5.92 Å². The van der Waals surface area contributed by atoms with Crippen molar-refractivity contribution in [3.05, 3.63) is 29.8 Å². The zero-order chi connectivity index (χ0) is 21.9. The van der Waals surface area contributed by atoms with Gasteiger partial charge in [0.15, 0.2) is 6.04 Å². The van der Waals surface area contributed by atoms with Crippen LogP contribution in [-0.4, -0.2) is 43.4 Å². The fraction of sp³-hybridized carbons (Fsp3) is 0.500. The molecule has 1 aromatic carbocycles. The first kappa shape index (κ1) is 24.3. The van der Waals surface area contributed by atoms with Crippen molar-refractivity contribution < 1.29 is 32.2 Å². The number of nitrogens with two attached hydrogens (primary N) is 1.